The van der Waals surface area contributed by atoms with E-state index in [-0.39, 0.29) is 43.1 Å². The summed E-state index contributed by atoms with van der Waals surface area (Å²) in [6.07, 6.45) is -1.10. The molecule has 2 amide bonds. The highest BCUT2D eigenvalue weighted by Crippen LogP contribution is 2.43. The van der Waals surface area contributed by atoms with E-state index in [0.717, 1.165) is 39.1 Å². The lowest BCUT2D eigenvalue weighted by Crippen LogP contribution is -2.38. The summed E-state index contributed by atoms with van der Waals surface area (Å²) in [5.41, 5.74) is 7.29. The largest absolute Gasteiger partial charge is 0.392 e. The number of benzene rings is 5. The van der Waals surface area contributed by atoms with Crippen molar-refractivity contribution in [2.75, 3.05) is 5.75 Å². The fourth-order valence-electron chi connectivity index (χ4n) is 6.71. The lowest BCUT2D eigenvalue weighted by molar-refractivity contribution is -0.268. The second-order valence-electron chi connectivity index (χ2n) is 12.9. The van der Waals surface area contributed by atoms with Crippen LogP contribution in [0, 0.1) is 5.92 Å². The second kappa shape index (κ2) is 14.6. The predicted molar refractivity (Wildman–Crippen MR) is 195 cm³/mol. The molecule has 11 heteroatoms. The van der Waals surface area contributed by atoms with Crippen LogP contribution in [0.25, 0.3) is 16.8 Å². The van der Waals surface area contributed by atoms with Gasteiger partial charge in [-0.05, 0) is 68.6 Å². The SMILES string of the molecule is C[C@@H]1[C@H](CSc2nnnn2-c2ccccc2)O[C@H](c2ccc(-c3cccc(CN4C(=O)c5ccccc5C4=O)c3)cc2)O[C@@H]1c1ccc(CO)cc1. The van der Waals surface area contributed by atoms with E-state index in [4.69, 9.17) is 9.47 Å². The zero-order valence-electron chi connectivity index (χ0n) is 28.3. The van der Waals surface area contributed by atoms with E-state index in [9.17, 15) is 14.7 Å². The number of hydrogen-bond acceptors (Lipinski definition) is 9. The summed E-state index contributed by atoms with van der Waals surface area (Å²) in [5, 5.41) is 22.7. The number of carbonyl (C=O) groups excluding carboxylic acids is 2. The topological polar surface area (TPSA) is 120 Å². The summed E-state index contributed by atoms with van der Waals surface area (Å²) in [7, 11) is 0. The van der Waals surface area contributed by atoms with Crippen molar-refractivity contribution >= 4 is 23.6 Å². The quantitative estimate of drug-likeness (QED) is 0.116. The first-order valence-electron chi connectivity index (χ1n) is 17.1. The first-order valence-corrected chi connectivity index (χ1v) is 18.1. The Morgan fingerprint density at radius 1 is 0.731 bits per heavy atom. The van der Waals surface area contributed by atoms with Gasteiger partial charge in [-0.15, -0.1) is 5.10 Å². The van der Waals surface area contributed by atoms with E-state index >= 15 is 0 Å². The predicted octanol–water partition coefficient (Wildman–Crippen LogP) is 7.20. The molecule has 1 saturated heterocycles. The van der Waals surface area contributed by atoms with Crippen LogP contribution in [0.5, 0.6) is 0 Å². The van der Waals surface area contributed by atoms with Crippen molar-refractivity contribution in [1.82, 2.24) is 25.1 Å². The van der Waals surface area contributed by atoms with E-state index in [1.54, 1.807) is 28.9 Å². The van der Waals surface area contributed by atoms with Crippen LogP contribution in [0.15, 0.2) is 133 Å². The number of aliphatic hydroxyl groups is 1. The first kappa shape index (κ1) is 33.7. The highest BCUT2D eigenvalue weighted by Gasteiger charge is 2.39. The van der Waals surface area contributed by atoms with Crippen LogP contribution in [0.3, 0.4) is 0 Å². The van der Waals surface area contributed by atoms with Gasteiger partial charge in [0.05, 0.1) is 42.2 Å². The Kier molecular flexibility index (Phi) is 9.48. The van der Waals surface area contributed by atoms with Gasteiger partial charge in [0.1, 0.15) is 0 Å². The Morgan fingerprint density at radius 2 is 1.42 bits per heavy atom. The van der Waals surface area contributed by atoms with Crippen LogP contribution in [-0.4, -0.2) is 53.9 Å². The number of nitrogens with zero attached hydrogens (tertiary/aromatic N) is 5. The Morgan fingerprint density at radius 3 is 2.13 bits per heavy atom. The average Bonchev–Trinajstić information content (AvgIpc) is 3.77. The number of fused-ring (bicyclic) bond motifs is 1. The average molecular weight is 710 g/mol. The summed E-state index contributed by atoms with van der Waals surface area (Å²) in [5.74, 6) is 0.0451. The molecule has 2 aliphatic heterocycles. The summed E-state index contributed by atoms with van der Waals surface area (Å²) in [4.78, 5) is 27.3. The van der Waals surface area contributed by atoms with Crippen LogP contribution in [0.2, 0.25) is 0 Å². The van der Waals surface area contributed by atoms with E-state index in [0.29, 0.717) is 22.0 Å². The third-order valence-corrected chi connectivity index (χ3v) is 10.6. The molecule has 5 aromatic carbocycles. The van der Waals surface area contributed by atoms with Crippen LogP contribution >= 0.6 is 11.8 Å². The van der Waals surface area contributed by atoms with Gasteiger partial charge in [-0.25, -0.2) is 0 Å². The van der Waals surface area contributed by atoms with Gasteiger partial charge in [0.15, 0.2) is 6.29 Å². The number of rotatable bonds is 10. The number of para-hydroxylation sites is 1. The lowest BCUT2D eigenvalue weighted by Gasteiger charge is -2.41. The molecule has 1 fully saturated rings. The third kappa shape index (κ3) is 6.67. The number of imide groups is 1. The fourth-order valence-corrected chi connectivity index (χ4v) is 7.77. The Labute approximate surface area is 305 Å². The molecule has 8 rings (SSSR count). The van der Waals surface area contributed by atoms with Gasteiger partial charge < -0.3 is 14.6 Å². The minimum Gasteiger partial charge on any atom is -0.392 e. The number of carbonyl (C=O) groups is 2. The number of ether oxygens (including phenoxy) is 2. The van der Waals surface area contributed by atoms with Crippen molar-refractivity contribution < 1.29 is 24.2 Å². The lowest BCUT2D eigenvalue weighted by atomic mass is 9.91. The monoisotopic (exact) mass is 709 g/mol. The van der Waals surface area contributed by atoms with Gasteiger partial charge in [-0.1, -0.05) is 116 Å². The van der Waals surface area contributed by atoms with E-state index in [1.807, 2.05) is 103 Å². The standard InChI is InChI=1S/C41H35N5O5S/c1-26-36(25-52-41-42-43-44-46(41)33-10-3-2-4-11-33)50-40(51-37(26)30-16-14-27(24-47)15-17-30)31-20-18-29(19-21-31)32-9-7-8-28(22-32)23-45-38(48)34-12-5-6-13-35(34)39(45)49/h2-22,26,36-37,40,47H,23-25H2,1H3/t26-,36+,37+,40+/m1/s1. The van der Waals surface area contributed by atoms with Crippen LogP contribution in [0.1, 0.15) is 62.3 Å². The zero-order chi connectivity index (χ0) is 35.6. The van der Waals surface area contributed by atoms with E-state index < -0.39 is 6.29 Å². The zero-order valence-corrected chi connectivity index (χ0v) is 29.1. The highest BCUT2D eigenvalue weighted by molar-refractivity contribution is 7.99. The Balaban J connectivity index is 1.01. The molecule has 1 N–H and O–H groups in total. The normalized spacial score (nSPS) is 19.9. The van der Waals surface area contributed by atoms with Crippen LogP contribution in [-0.2, 0) is 22.6 Å². The molecular formula is C41H35N5O5S. The number of aliphatic hydroxyl groups excluding tert-OH is 1. The maximum Gasteiger partial charge on any atom is 0.261 e. The molecule has 260 valence electrons. The van der Waals surface area contributed by atoms with Gasteiger partial charge in [0.2, 0.25) is 5.16 Å². The molecule has 0 unspecified atom stereocenters. The summed E-state index contributed by atoms with van der Waals surface area (Å²) in [6, 6.07) is 40.6. The Bertz CT molecular complexity index is 2170. The summed E-state index contributed by atoms with van der Waals surface area (Å²) < 4.78 is 15.1. The van der Waals surface area contributed by atoms with Crippen molar-refractivity contribution in [3.05, 3.63) is 161 Å². The maximum atomic E-state index is 13.0. The fraction of sp³-hybridized carbons (Fsp3) is 0.195. The highest BCUT2D eigenvalue weighted by atomic mass is 32.2. The number of thioether (sulfide) groups is 1. The number of aromatic nitrogens is 4. The van der Waals surface area contributed by atoms with Gasteiger partial charge in [0.25, 0.3) is 11.8 Å². The molecule has 3 heterocycles. The molecule has 6 aromatic rings. The Hall–Kier alpha value is -5.46. The molecular weight excluding hydrogens is 675 g/mol. The van der Waals surface area contributed by atoms with Gasteiger partial charge in [-0.2, -0.15) is 4.68 Å². The minimum atomic E-state index is -0.636. The second-order valence-corrected chi connectivity index (χ2v) is 13.9. The molecule has 0 saturated carbocycles. The third-order valence-electron chi connectivity index (χ3n) is 9.60. The van der Waals surface area contributed by atoms with Crippen LogP contribution < -0.4 is 0 Å². The van der Waals surface area contributed by atoms with Crippen molar-refractivity contribution in [2.45, 2.75) is 43.7 Å². The molecule has 0 aliphatic carbocycles. The van der Waals surface area contributed by atoms with Crippen LogP contribution in [0.4, 0.5) is 0 Å². The van der Waals surface area contributed by atoms with Crippen molar-refractivity contribution in [3.63, 3.8) is 0 Å². The van der Waals surface area contributed by atoms with E-state index in [1.165, 1.54) is 16.7 Å². The minimum absolute atomic E-state index is 0.00559. The van der Waals surface area contributed by atoms with Gasteiger partial charge in [0, 0.05) is 17.2 Å². The molecule has 4 atom stereocenters. The van der Waals surface area contributed by atoms with Crippen molar-refractivity contribution in [1.29, 1.82) is 0 Å². The van der Waals surface area contributed by atoms with Crippen molar-refractivity contribution in [3.8, 4) is 16.8 Å². The number of hydrogen-bond donors (Lipinski definition) is 1. The first-order chi connectivity index (χ1) is 25.5. The maximum absolute atomic E-state index is 13.0. The molecule has 10 nitrogen and oxygen atoms in total. The number of tetrazole rings is 1. The van der Waals surface area contributed by atoms with Crippen molar-refractivity contribution in [2.24, 2.45) is 5.92 Å². The van der Waals surface area contributed by atoms with E-state index in [2.05, 4.69) is 22.4 Å². The summed E-state index contributed by atoms with van der Waals surface area (Å²) >= 11 is 1.54. The summed E-state index contributed by atoms with van der Waals surface area (Å²) in [6.45, 7) is 2.29. The molecule has 52 heavy (non-hydrogen) atoms. The molecule has 2 aliphatic rings. The smallest absolute Gasteiger partial charge is 0.261 e. The van der Waals surface area contributed by atoms with Gasteiger partial charge >= 0.3 is 0 Å². The van der Waals surface area contributed by atoms with Gasteiger partial charge in [-0.3, -0.25) is 14.5 Å². The molecule has 1 aromatic heterocycles. The molecule has 0 radical (unpaired) electrons. The number of amides is 2. The molecule has 0 spiro atoms. The molecule has 0 bridgehead atoms.